The standard InChI is InChI=1S/C9H16O6.C5H12O4/c1-7(8(13)14)2-15-6-9(3-10,4-11)5-12;6-1-5(2-7,3-8)4-9/h2,10-12H,3-6H2,1H3,(H,13,14);6-9H,1-4H2. The van der Waals surface area contributed by atoms with Crippen LogP contribution >= 0.6 is 0 Å². The number of carboxylic acid groups (broad SMARTS) is 1. The Labute approximate surface area is 139 Å². The van der Waals surface area contributed by atoms with E-state index < -0.39 is 63.0 Å². The predicted octanol–water partition coefficient (Wildman–Crippen LogP) is -3.10. The van der Waals surface area contributed by atoms with Crippen LogP contribution in [0.3, 0.4) is 0 Å². The molecular weight excluding hydrogens is 328 g/mol. The van der Waals surface area contributed by atoms with Gasteiger partial charge in [0.15, 0.2) is 0 Å². The van der Waals surface area contributed by atoms with Gasteiger partial charge in [0, 0.05) is 0 Å². The van der Waals surface area contributed by atoms with E-state index in [4.69, 9.17) is 45.6 Å². The van der Waals surface area contributed by atoms with Crippen molar-refractivity contribution >= 4 is 5.97 Å². The molecule has 0 saturated carbocycles. The second-order valence-corrected chi connectivity index (χ2v) is 5.52. The molecule has 0 heterocycles. The molecule has 0 fully saturated rings. The number of hydrogen-bond donors (Lipinski definition) is 8. The molecule has 0 aromatic rings. The number of aliphatic hydroxyl groups excluding tert-OH is 7. The van der Waals surface area contributed by atoms with Crippen molar-refractivity contribution in [1.82, 2.24) is 0 Å². The smallest absolute Gasteiger partial charge is 0.334 e. The van der Waals surface area contributed by atoms with Crippen LogP contribution in [0.2, 0.25) is 0 Å². The van der Waals surface area contributed by atoms with Crippen LogP contribution in [0.5, 0.6) is 0 Å². The average Bonchev–Trinajstić information content (AvgIpc) is 2.62. The van der Waals surface area contributed by atoms with Crippen molar-refractivity contribution in [3.05, 3.63) is 11.8 Å². The Morgan fingerprint density at radius 3 is 1.33 bits per heavy atom. The summed E-state index contributed by atoms with van der Waals surface area (Å²) in [5.41, 5.74) is -2.26. The van der Waals surface area contributed by atoms with Crippen LogP contribution in [-0.2, 0) is 9.53 Å². The van der Waals surface area contributed by atoms with Crippen molar-refractivity contribution in [2.24, 2.45) is 10.8 Å². The van der Waals surface area contributed by atoms with Crippen molar-refractivity contribution in [3.63, 3.8) is 0 Å². The molecule has 0 amide bonds. The third-order valence-electron chi connectivity index (χ3n) is 3.33. The summed E-state index contributed by atoms with van der Waals surface area (Å²) in [6.07, 6.45) is 1.01. The number of hydrogen-bond acceptors (Lipinski definition) is 9. The number of ether oxygens (including phenoxy) is 1. The zero-order valence-electron chi connectivity index (χ0n) is 13.6. The fraction of sp³-hybridized carbons (Fsp3) is 0.786. The molecule has 10 heteroatoms. The molecule has 0 aliphatic carbocycles. The first kappa shape index (κ1) is 25.0. The van der Waals surface area contributed by atoms with Crippen molar-refractivity contribution in [2.75, 3.05) is 52.9 Å². The molecule has 0 radical (unpaired) electrons. The summed E-state index contributed by atoms with van der Waals surface area (Å²) in [5, 5.41) is 69.2. The molecule has 0 spiro atoms. The van der Waals surface area contributed by atoms with Gasteiger partial charge >= 0.3 is 5.97 Å². The monoisotopic (exact) mass is 356 g/mol. The van der Waals surface area contributed by atoms with Crippen LogP contribution < -0.4 is 0 Å². The van der Waals surface area contributed by atoms with E-state index in [2.05, 4.69) is 0 Å². The van der Waals surface area contributed by atoms with Crippen molar-refractivity contribution in [1.29, 1.82) is 0 Å². The molecule has 0 aromatic carbocycles. The first-order valence-electron chi connectivity index (χ1n) is 7.03. The maximum atomic E-state index is 10.4. The highest BCUT2D eigenvalue weighted by molar-refractivity contribution is 5.85. The fourth-order valence-corrected chi connectivity index (χ4v) is 0.981. The van der Waals surface area contributed by atoms with Crippen LogP contribution in [0, 0.1) is 10.8 Å². The summed E-state index contributed by atoms with van der Waals surface area (Å²) in [6.45, 7) is -1.76. The van der Waals surface area contributed by atoms with E-state index >= 15 is 0 Å². The van der Waals surface area contributed by atoms with Crippen molar-refractivity contribution in [3.8, 4) is 0 Å². The average molecular weight is 356 g/mol. The largest absolute Gasteiger partial charge is 0.500 e. The summed E-state index contributed by atoms with van der Waals surface area (Å²) < 4.78 is 4.87. The summed E-state index contributed by atoms with van der Waals surface area (Å²) in [4.78, 5) is 10.4. The zero-order chi connectivity index (χ0) is 19.2. The molecule has 0 aromatic heterocycles. The molecule has 0 bridgehead atoms. The molecule has 0 saturated heterocycles. The van der Waals surface area contributed by atoms with Gasteiger partial charge in [0.25, 0.3) is 0 Å². The molecule has 0 rings (SSSR count). The first-order chi connectivity index (χ1) is 11.3. The molecule has 0 unspecified atom stereocenters. The summed E-state index contributed by atoms with van der Waals surface area (Å²) >= 11 is 0. The minimum atomic E-state index is -1.14. The van der Waals surface area contributed by atoms with Gasteiger partial charge in [-0.05, 0) is 6.92 Å². The molecule has 0 aliphatic rings. The van der Waals surface area contributed by atoms with E-state index in [1.165, 1.54) is 6.92 Å². The third kappa shape index (κ3) is 8.55. The van der Waals surface area contributed by atoms with E-state index in [-0.39, 0.29) is 12.2 Å². The van der Waals surface area contributed by atoms with E-state index in [1.54, 1.807) is 0 Å². The number of carboxylic acids is 1. The number of carbonyl (C=O) groups is 1. The third-order valence-corrected chi connectivity index (χ3v) is 3.33. The molecule has 8 N–H and O–H groups in total. The molecule has 0 atom stereocenters. The van der Waals surface area contributed by atoms with Crippen LogP contribution in [0.15, 0.2) is 11.8 Å². The molecule has 144 valence electrons. The Hall–Kier alpha value is -1.27. The molecular formula is C14H28O10. The summed E-state index contributed by atoms with van der Waals surface area (Å²) in [7, 11) is 0. The van der Waals surface area contributed by atoms with Gasteiger partial charge in [-0.15, -0.1) is 0 Å². The van der Waals surface area contributed by atoms with Crippen LogP contribution in [0.4, 0.5) is 0 Å². The quantitative estimate of drug-likeness (QED) is 0.139. The lowest BCUT2D eigenvalue weighted by Gasteiger charge is -2.26. The molecule has 24 heavy (non-hydrogen) atoms. The maximum absolute atomic E-state index is 10.4. The topological polar surface area (TPSA) is 188 Å². The highest BCUT2D eigenvalue weighted by Crippen LogP contribution is 2.15. The predicted molar refractivity (Wildman–Crippen MR) is 81.8 cm³/mol. The Kier molecular flexibility index (Phi) is 13.6. The fourth-order valence-electron chi connectivity index (χ4n) is 0.981. The van der Waals surface area contributed by atoms with Gasteiger partial charge in [-0.1, -0.05) is 0 Å². The van der Waals surface area contributed by atoms with Gasteiger partial charge in [-0.2, -0.15) is 0 Å². The van der Waals surface area contributed by atoms with Gasteiger partial charge < -0.3 is 45.6 Å². The zero-order valence-corrected chi connectivity index (χ0v) is 13.6. The number of aliphatic carboxylic acids is 1. The summed E-state index contributed by atoms with van der Waals surface area (Å²) in [6, 6.07) is 0. The van der Waals surface area contributed by atoms with E-state index in [0.717, 1.165) is 6.26 Å². The Balaban J connectivity index is 0. The van der Waals surface area contributed by atoms with E-state index in [0.29, 0.717) is 0 Å². The Bertz CT molecular complexity index is 335. The van der Waals surface area contributed by atoms with E-state index in [9.17, 15) is 4.79 Å². The molecule has 0 aliphatic heterocycles. The van der Waals surface area contributed by atoms with Gasteiger partial charge in [0.05, 0.1) is 75.5 Å². The van der Waals surface area contributed by atoms with Gasteiger partial charge in [-0.25, -0.2) is 4.79 Å². The van der Waals surface area contributed by atoms with E-state index in [1.807, 2.05) is 0 Å². The number of rotatable bonds is 11. The maximum Gasteiger partial charge on any atom is 0.334 e. The molecule has 10 nitrogen and oxygen atoms in total. The van der Waals surface area contributed by atoms with Crippen molar-refractivity contribution < 1.29 is 50.4 Å². The minimum absolute atomic E-state index is 0.00211. The van der Waals surface area contributed by atoms with Crippen LogP contribution in [-0.4, -0.2) is 99.7 Å². The van der Waals surface area contributed by atoms with Crippen LogP contribution in [0.25, 0.3) is 0 Å². The SMILES string of the molecule is CC(=COCC(CO)(CO)CO)C(=O)O.OCC(CO)(CO)CO. The van der Waals surface area contributed by atoms with Gasteiger partial charge in [-0.3, -0.25) is 0 Å². The first-order valence-corrected chi connectivity index (χ1v) is 7.03. The van der Waals surface area contributed by atoms with Gasteiger partial charge in [0.2, 0.25) is 0 Å². The van der Waals surface area contributed by atoms with Crippen LogP contribution in [0.1, 0.15) is 6.92 Å². The Morgan fingerprint density at radius 1 is 0.792 bits per heavy atom. The second-order valence-electron chi connectivity index (χ2n) is 5.52. The Morgan fingerprint density at radius 2 is 1.12 bits per heavy atom. The lowest BCUT2D eigenvalue weighted by molar-refractivity contribution is -0.132. The number of aliphatic hydroxyl groups is 7. The highest BCUT2D eigenvalue weighted by atomic mass is 16.5. The summed E-state index contributed by atoms with van der Waals surface area (Å²) in [5.74, 6) is -1.11. The highest BCUT2D eigenvalue weighted by Gasteiger charge is 2.29. The van der Waals surface area contributed by atoms with Gasteiger partial charge in [0.1, 0.15) is 0 Å². The minimum Gasteiger partial charge on any atom is -0.500 e. The normalized spacial score (nSPS) is 12.4. The van der Waals surface area contributed by atoms with Crippen molar-refractivity contribution in [2.45, 2.75) is 6.92 Å². The lowest BCUT2D eigenvalue weighted by atomic mass is 9.93. The second kappa shape index (κ2) is 13.1. The lowest BCUT2D eigenvalue weighted by Crippen LogP contribution is -2.38.